The Bertz CT molecular complexity index is 794. The molecule has 8 heteroatoms. The van der Waals surface area contributed by atoms with E-state index in [0.29, 0.717) is 0 Å². The van der Waals surface area contributed by atoms with E-state index in [1.54, 1.807) is 25.5 Å². The molecule has 7 nitrogen and oxygen atoms in total. The van der Waals surface area contributed by atoms with Crippen LogP contribution in [0.2, 0.25) is 0 Å². The zero-order chi connectivity index (χ0) is 22.1. The van der Waals surface area contributed by atoms with Gasteiger partial charge in [-0.2, -0.15) is 0 Å². The molecule has 162 valence electrons. The summed E-state index contributed by atoms with van der Waals surface area (Å²) in [6.07, 6.45) is 2.86. The predicted octanol–water partition coefficient (Wildman–Crippen LogP) is 2.45. The molecule has 0 saturated heterocycles. The number of Topliss-reactive ketones (excluding diaryl/α,β-unsaturated/α-hetero) is 1. The Morgan fingerprint density at radius 1 is 1.20 bits per heavy atom. The number of hydrogen-bond acceptors (Lipinski definition) is 6. The summed E-state index contributed by atoms with van der Waals surface area (Å²) < 4.78 is 5.00. The van der Waals surface area contributed by atoms with Gasteiger partial charge in [-0.1, -0.05) is 43.7 Å². The van der Waals surface area contributed by atoms with Crippen molar-refractivity contribution in [3.8, 4) is 0 Å². The predicted molar refractivity (Wildman–Crippen MR) is 115 cm³/mol. The molecule has 0 spiro atoms. The van der Waals surface area contributed by atoms with Crippen LogP contribution in [0.4, 0.5) is 0 Å². The first-order valence-electron chi connectivity index (χ1n) is 10.0. The molecular formula is C22H28N2O5S. The van der Waals surface area contributed by atoms with Gasteiger partial charge in [0.15, 0.2) is 0 Å². The SMILES string of the molecule is CCCC1SC=CN(CC(=O)N[C@@H](Cc2ccccc2)C(=O)C(=O)OC(C)C)C1=O. The number of carbonyl (C=O) groups excluding carboxylic acids is 4. The molecule has 2 amide bonds. The molecule has 2 atom stereocenters. The number of thioether (sulfide) groups is 1. The number of ether oxygens (including phenoxy) is 1. The summed E-state index contributed by atoms with van der Waals surface area (Å²) in [6, 6.07) is 8.01. The third-order valence-electron chi connectivity index (χ3n) is 4.39. The van der Waals surface area contributed by atoms with Gasteiger partial charge >= 0.3 is 5.97 Å². The van der Waals surface area contributed by atoms with Gasteiger partial charge in [0.2, 0.25) is 11.8 Å². The summed E-state index contributed by atoms with van der Waals surface area (Å²) >= 11 is 1.44. The lowest BCUT2D eigenvalue weighted by atomic mass is 10.0. The van der Waals surface area contributed by atoms with Gasteiger partial charge in [0.25, 0.3) is 5.78 Å². The molecule has 0 saturated carbocycles. The van der Waals surface area contributed by atoms with E-state index in [-0.39, 0.29) is 24.1 Å². The Hall–Kier alpha value is -2.61. The average Bonchev–Trinajstić information content (AvgIpc) is 2.70. The topological polar surface area (TPSA) is 92.8 Å². The smallest absolute Gasteiger partial charge is 0.377 e. The van der Waals surface area contributed by atoms with Gasteiger partial charge < -0.3 is 15.0 Å². The van der Waals surface area contributed by atoms with Crippen LogP contribution in [0, 0.1) is 0 Å². The van der Waals surface area contributed by atoms with Crippen LogP contribution in [0.15, 0.2) is 41.9 Å². The molecule has 1 aromatic carbocycles. The molecule has 0 bridgehead atoms. The number of esters is 1. The minimum atomic E-state index is -1.07. The number of nitrogens with zero attached hydrogens (tertiary/aromatic N) is 1. The molecule has 0 aliphatic carbocycles. The fourth-order valence-corrected chi connectivity index (χ4v) is 4.00. The Balaban J connectivity index is 2.08. The van der Waals surface area contributed by atoms with E-state index in [1.165, 1.54) is 16.7 Å². The van der Waals surface area contributed by atoms with Crippen LogP contribution in [0.1, 0.15) is 39.2 Å². The summed E-state index contributed by atoms with van der Waals surface area (Å²) in [7, 11) is 0. The van der Waals surface area contributed by atoms with Gasteiger partial charge in [-0.05, 0) is 31.2 Å². The summed E-state index contributed by atoms with van der Waals surface area (Å²) in [6.45, 7) is 5.08. The van der Waals surface area contributed by atoms with Gasteiger partial charge in [0.1, 0.15) is 12.6 Å². The Morgan fingerprint density at radius 2 is 1.90 bits per heavy atom. The van der Waals surface area contributed by atoms with Crippen molar-refractivity contribution in [2.75, 3.05) is 6.54 Å². The van der Waals surface area contributed by atoms with Crippen molar-refractivity contribution in [2.45, 2.75) is 57.4 Å². The van der Waals surface area contributed by atoms with Gasteiger partial charge in [-0.25, -0.2) is 4.79 Å². The second kappa shape index (κ2) is 11.5. The van der Waals surface area contributed by atoms with Gasteiger partial charge in [-0.3, -0.25) is 14.4 Å². The highest BCUT2D eigenvalue weighted by molar-refractivity contribution is 8.03. The van der Waals surface area contributed by atoms with E-state index >= 15 is 0 Å². The van der Waals surface area contributed by atoms with Gasteiger partial charge in [0.05, 0.1) is 11.4 Å². The number of rotatable bonds is 10. The second-order valence-corrected chi connectivity index (χ2v) is 8.41. The van der Waals surface area contributed by atoms with Crippen LogP contribution in [-0.4, -0.2) is 52.4 Å². The molecule has 2 rings (SSSR count). The standard InChI is InChI=1S/C22H28N2O5S/c1-4-8-18-21(27)24(11-12-30-18)14-19(25)23-17(13-16-9-6-5-7-10-16)20(26)22(28)29-15(2)3/h5-7,9-12,15,17-18H,4,8,13-14H2,1-3H3,(H,23,25)/t17-,18?/m0/s1. The summed E-state index contributed by atoms with van der Waals surface area (Å²) in [5, 5.41) is 4.19. The number of carbonyl (C=O) groups is 4. The number of ketones is 1. The molecular weight excluding hydrogens is 404 g/mol. The van der Waals surface area contributed by atoms with Crippen molar-refractivity contribution in [3.63, 3.8) is 0 Å². The number of nitrogens with one attached hydrogen (secondary N) is 1. The lowest BCUT2D eigenvalue weighted by Crippen LogP contribution is -2.50. The maximum Gasteiger partial charge on any atom is 0.377 e. The van der Waals surface area contributed by atoms with Crippen LogP contribution in [0.3, 0.4) is 0 Å². The Kier molecular flexibility index (Phi) is 9.11. The highest BCUT2D eigenvalue weighted by atomic mass is 32.2. The minimum Gasteiger partial charge on any atom is -0.457 e. The van der Waals surface area contributed by atoms with Gasteiger partial charge in [0, 0.05) is 12.6 Å². The zero-order valence-corrected chi connectivity index (χ0v) is 18.3. The Morgan fingerprint density at radius 3 is 2.53 bits per heavy atom. The van der Waals surface area contributed by atoms with E-state index < -0.39 is 29.8 Å². The molecule has 1 unspecified atom stereocenters. The lowest BCUT2D eigenvalue weighted by molar-refractivity contribution is -0.157. The fourth-order valence-electron chi connectivity index (χ4n) is 2.97. The summed E-state index contributed by atoms with van der Waals surface area (Å²) in [5.74, 6) is -2.45. The maximum absolute atomic E-state index is 12.6. The largest absolute Gasteiger partial charge is 0.457 e. The fraction of sp³-hybridized carbons (Fsp3) is 0.455. The first-order valence-corrected chi connectivity index (χ1v) is 11.0. The van der Waals surface area contributed by atoms with Crippen molar-refractivity contribution >= 4 is 35.3 Å². The van der Waals surface area contributed by atoms with Crippen molar-refractivity contribution < 1.29 is 23.9 Å². The first-order chi connectivity index (χ1) is 14.3. The highest BCUT2D eigenvalue weighted by Gasteiger charge is 2.31. The number of hydrogen-bond donors (Lipinski definition) is 1. The molecule has 1 heterocycles. The molecule has 1 aliphatic heterocycles. The molecule has 0 fully saturated rings. The lowest BCUT2D eigenvalue weighted by Gasteiger charge is -2.27. The van der Waals surface area contributed by atoms with Crippen LogP contribution in [0.25, 0.3) is 0 Å². The van der Waals surface area contributed by atoms with Crippen molar-refractivity contribution in [1.82, 2.24) is 10.2 Å². The molecule has 0 aromatic heterocycles. The summed E-state index contributed by atoms with van der Waals surface area (Å²) in [5.41, 5.74) is 0.793. The normalized spacial score (nSPS) is 17.0. The molecule has 30 heavy (non-hydrogen) atoms. The van der Waals surface area contributed by atoms with E-state index in [2.05, 4.69) is 5.32 Å². The number of amides is 2. The third kappa shape index (κ3) is 7.02. The molecule has 1 aliphatic rings. The Labute approximate surface area is 181 Å². The minimum absolute atomic E-state index is 0.135. The van der Waals surface area contributed by atoms with Crippen molar-refractivity contribution in [2.24, 2.45) is 0 Å². The zero-order valence-electron chi connectivity index (χ0n) is 17.5. The van der Waals surface area contributed by atoms with Gasteiger partial charge in [-0.15, -0.1) is 11.8 Å². The number of benzene rings is 1. The molecule has 0 radical (unpaired) electrons. The summed E-state index contributed by atoms with van der Waals surface area (Å²) in [4.78, 5) is 51.2. The van der Waals surface area contributed by atoms with E-state index in [1.807, 2.05) is 37.3 Å². The van der Waals surface area contributed by atoms with Crippen LogP contribution in [0.5, 0.6) is 0 Å². The molecule has 1 aromatic rings. The highest BCUT2D eigenvalue weighted by Crippen LogP contribution is 2.24. The van der Waals surface area contributed by atoms with Crippen molar-refractivity contribution in [3.05, 3.63) is 47.5 Å². The van der Waals surface area contributed by atoms with Crippen LogP contribution < -0.4 is 5.32 Å². The van der Waals surface area contributed by atoms with E-state index in [9.17, 15) is 19.2 Å². The molecule has 1 N–H and O–H groups in total. The van der Waals surface area contributed by atoms with E-state index in [0.717, 1.165) is 18.4 Å². The van der Waals surface area contributed by atoms with Crippen LogP contribution >= 0.6 is 11.8 Å². The quantitative estimate of drug-likeness (QED) is 0.451. The first kappa shape index (κ1) is 23.7. The second-order valence-electron chi connectivity index (χ2n) is 7.29. The van der Waals surface area contributed by atoms with Crippen LogP contribution in [-0.2, 0) is 30.3 Å². The monoisotopic (exact) mass is 432 g/mol. The van der Waals surface area contributed by atoms with E-state index in [4.69, 9.17) is 4.74 Å². The van der Waals surface area contributed by atoms with Crippen molar-refractivity contribution in [1.29, 1.82) is 0 Å². The maximum atomic E-state index is 12.6. The average molecular weight is 433 g/mol. The third-order valence-corrected chi connectivity index (χ3v) is 5.43.